The molecule has 1 aliphatic rings. The van der Waals surface area contributed by atoms with E-state index >= 15 is 0 Å². The van der Waals surface area contributed by atoms with Gasteiger partial charge in [-0.3, -0.25) is 0 Å². The van der Waals surface area contributed by atoms with Gasteiger partial charge in [-0.15, -0.1) is 5.10 Å². The minimum absolute atomic E-state index is 0.0889. The van der Waals surface area contributed by atoms with Crippen molar-refractivity contribution >= 4 is 10.0 Å². The van der Waals surface area contributed by atoms with Gasteiger partial charge in [0.2, 0.25) is 10.0 Å². The van der Waals surface area contributed by atoms with Crippen molar-refractivity contribution in [3.05, 3.63) is 36.2 Å². The molecule has 1 aromatic carbocycles. The van der Waals surface area contributed by atoms with Crippen LogP contribution in [0.5, 0.6) is 0 Å². The number of primary sulfonamides is 1. The van der Waals surface area contributed by atoms with Gasteiger partial charge in [0.25, 0.3) is 0 Å². The summed E-state index contributed by atoms with van der Waals surface area (Å²) >= 11 is 0. The maximum Gasteiger partial charge on any atom is 0.238 e. The highest BCUT2D eigenvalue weighted by molar-refractivity contribution is 7.89. The summed E-state index contributed by atoms with van der Waals surface area (Å²) in [6.07, 6.45) is 6.41. The standard InChI is InChI=1S/C18H27N5O2S/c1-18(2)10-4-12-22(14-18)11-3-5-15-13-23(21-20-15)16-6-8-17(9-7-16)26(19,24)25/h6-9,13H,3-5,10-12,14H2,1-2H3,(H2,19,24,25). The largest absolute Gasteiger partial charge is 0.303 e. The first-order valence-corrected chi connectivity index (χ1v) is 10.5. The van der Waals surface area contributed by atoms with Crippen LogP contribution in [0.1, 0.15) is 38.8 Å². The molecule has 1 fully saturated rings. The average Bonchev–Trinajstić information content (AvgIpc) is 3.02. The lowest BCUT2D eigenvalue weighted by Gasteiger charge is -2.38. The molecule has 142 valence electrons. The summed E-state index contributed by atoms with van der Waals surface area (Å²) in [4.78, 5) is 2.63. The van der Waals surface area contributed by atoms with Gasteiger partial charge in [-0.1, -0.05) is 19.1 Å². The second-order valence-electron chi connectivity index (χ2n) is 7.84. The Labute approximate surface area is 155 Å². The summed E-state index contributed by atoms with van der Waals surface area (Å²) in [7, 11) is -3.68. The number of likely N-dealkylation sites (tertiary alicyclic amines) is 1. The number of piperidine rings is 1. The van der Waals surface area contributed by atoms with Crippen molar-refractivity contribution in [2.75, 3.05) is 19.6 Å². The van der Waals surface area contributed by atoms with E-state index in [-0.39, 0.29) is 4.90 Å². The van der Waals surface area contributed by atoms with E-state index in [1.54, 1.807) is 16.8 Å². The summed E-state index contributed by atoms with van der Waals surface area (Å²) < 4.78 is 24.3. The molecule has 1 aliphatic heterocycles. The Bertz CT molecular complexity index is 843. The van der Waals surface area contributed by atoms with Crippen LogP contribution in [-0.4, -0.2) is 47.9 Å². The van der Waals surface area contributed by atoms with Crippen LogP contribution in [0.2, 0.25) is 0 Å². The van der Waals surface area contributed by atoms with E-state index in [9.17, 15) is 8.42 Å². The molecule has 0 saturated carbocycles. The van der Waals surface area contributed by atoms with Gasteiger partial charge in [0.05, 0.1) is 22.5 Å². The number of rotatable bonds is 6. The molecule has 26 heavy (non-hydrogen) atoms. The molecule has 0 aliphatic carbocycles. The van der Waals surface area contributed by atoms with Crippen LogP contribution in [0.3, 0.4) is 0 Å². The van der Waals surface area contributed by atoms with Gasteiger partial charge in [0.15, 0.2) is 0 Å². The quantitative estimate of drug-likeness (QED) is 0.830. The maximum absolute atomic E-state index is 11.3. The number of sulfonamides is 1. The van der Waals surface area contributed by atoms with Crippen LogP contribution >= 0.6 is 0 Å². The van der Waals surface area contributed by atoms with Crippen molar-refractivity contribution in [3.8, 4) is 5.69 Å². The predicted octanol–water partition coefficient (Wildman–Crippen LogP) is 1.97. The molecule has 2 aromatic rings. The van der Waals surface area contributed by atoms with Crippen molar-refractivity contribution < 1.29 is 8.42 Å². The van der Waals surface area contributed by atoms with Crippen LogP contribution < -0.4 is 5.14 Å². The Kier molecular flexibility index (Phi) is 5.45. The van der Waals surface area contributed by atoms with Crippen LogP contribution in [0.4, 0.5) is 0 Å². The van der Waals surface area contributed by atoms with E-state index in [0.717, 1.165) is 37.3 Å². The van der Waals surface area contributed by atoms with Gasteiger partial charge in [-0.25, -0.2) is 18.2 Å². The van der Waals surface area contributed by atoms with E-state index in [2.05, 4.69) is 29.1 Å². The number of nitrogens with zero attached hydrogens (tertiary/aromatic N) is 4. The molecule has 0 amide bonds. The normalized spacial score (nSPS) is 18.1. The van der Waals surface area contributed by atoms with Gasteiger partial charge in [0.1, 0.15) is 0 Å². The zero-order chi connectivity index (χ0) is 18.8. The van der Waals surface area contributed by atoms with Crippen molar-refractivity contribution in [2.24, 2.45) is 10.6 Å². The third kappa shape index (κ3) is 4.90. The fourth-order valence-electron chi connectivity index (χ4n) is 3.55. The molecule has 1 aromatic heterocycles. The molecular weight excluding hydrogens is 350 g/mol. The summed E-state index contributed by atoms with van der Waals surface area (Å²) in [6.45, 7) is 8.11. The van der Waals surface area contributed by atoms with E-state index in [4.69, 9.17) is 5.14 Å². The number of aromatic nitrogens is 3. The van der Waals surface area contributed by atoms with Crippen molar-refractivity contribution in [1.82, 2.24) is 19.9 Å². The van der Waals surface area contributed by atoms with Gasteiger partial charge in [-0.2, -0.15) is 0 Å². The minimum Gasteiger partial charge on any atom is -0.303 e. The number of hydrogen-bond donors (Lipinski definition) is 1. The third-order valence-electron chi connectivity index (χ3n) is 4.86. The van der Waals surface area contributed by atoms with Gasteiger partial charge < -0.3 is 4.90 Å². The molecule has 7 nitrogen and oxygen atoms in total. The molecule has 1 saturated heterocycles. The predicted molar refractivity (Wildman–Crippen MR) is 101 cm³/mol. The summed E-state index contributed by atoms with van der Waals surface area (Å²) in [5.74, 6) is 0. The fourth-order valence-corrected chi connectivity index (χ4v) is 4.06. The topological polar surface area (TPSA) is 94.1 Å². The Morgan fingerprint density at radius 1 is 1.23 bits per heavy atom. The second-order valence-corrected chi connectivity index (χ2v) is 9.40. The smallest absolute Gasteiger partial charge is 0.238 e. The maximum atomic E-state index is 11.3. The molecule has 2 N–H and O–H groups in total. The first-order chi connectivity index (χ1) is 12.2. The van der Waals surface area contributed by atoms with Crippen LogP contribution in [0.25, 0.3) is 5.69 Å². The number of nitrogens with two attached hydrogens (primary N) is 1. The first-order valence-electron chi connectivity index (χ1n) is 9.00. The summed E-state index contributed by atoms with van der Waals surface area (Å²) in [5.41, 5.74) is 2.12. The van der Waals surface area contributed by atoms with E-state index < -0.39 is 10.0 Å². The Morgan fingerprint density at radius 2 is 1.96 bits per heavy atom. The van der Waals surface area contributed by atoms with Gasteiger partial charge in [0, 0.05) is 6.54 Å². The zero-order valence-electron chi connectivity index (χ0n) is 15.4. The Balaban J connectivity index is 1.55. The van der Waals surface area contributed by atoms with E-state index in [1.807, 2.05) is 6.20 Å². The highest BCUT2D eigenvalue weighted by Crippen LogP contribution is 2.28. The fraction of sp³-hybridized carbons (Fsp3) is 0.556. The highest BCUT2D eigenvalue weighted by Gasteiger charge is 2.25. The number of aryl methyl sites for hydroxylation is 1. The number of benzene rings is 1. The third-order valence-corrected chi connectivity index (χ3v) is 5.79. The average molecular weight is 378 g/mol. The van der Waals surface area contributed by atoms with Gasteiger partial charge in [-0.05, 0) is 68.5 Å². The zero-order valence-corrected chi connectivity index (χ0v) is 16.2. The van der Waals surface area contributed by atoms with Crippen LogP contribution in [-0.2, 0) is 16.4 Å². The Hall–Kier alpha value is -1.77. The molecular formula is C18H27N5O2S. The molecule has 0 radical (unpaired) electrons. The van der Waals surface area contributed by atoms with Crippen LogP contribution in [0.15, 0.2) is 35.4 Å². The lowest BCUT2D eigenvalue weighted by molar-refractivity contribution is 0.117. The monoisotopic (exact) mass is 377 g/mol. The molecule has 2 heterocycles. The SMILES string of the molecule is CC1(C)CCCN(CCCc2cn(-c3ccc(S(N)(=O)=O)cc3)nn2)C1. The lowest BCUT2D eigenvalue weighted by Crippen LogP contribution is -2.40. The lowest BCUT2D eigenvalue weighted by atomic mass is 9.84. The molecule has 3 rings (SSSR count). The van der Waals surface area contributed by atoms with Gasteiger partial charge >= 0.3 is 0 Å². The second kappa shape index (κ2) is 7.46. The number of hydrogen-bond acceptors (Lipinski definition) is 5. The Morgan fingerprint density at radius 3 is 2.62 bits per heavy atom. The van der Waals surface area contributed by atoms with Crippen LogP contribution in [0, 0.1) is 5.41 Å². The first kappa shape index (κ1) is 19.0. The van der Waals surface area contributed by atoms with Crippen molar-refractivity contribution in [2.45, 2.75) is 44.4 Å². The molecule has 8 heteroatoms. The van der Waals surface area contributed by atoms with E-state index in [0.29, 0.717) is 5.41 Å². The highest BCUT2D eigenvalue weighted by atomic mass is 32.2. The molecule has 0 bridgehead atoms. The van der Waals surface area contributed by atoms with Crippen molar-refractivity contribution in [3.63, 3.8) is 0 Å². The minimum atomic E-state index is -3.68. The summed E-state index contributed by atoms with van der Waals surface area (Å²) in [6, 6.07) is 6.30. The summed E-state index contributed by atoms with van der Waals surface area (Å²) in [5, 5.41) is 13.5. The molecule has 0 unspecified atom stereocenters. The van der Waals surface area contributed by atoms with Crippen molar-refractivity contribution in [1.29, 1.82) is 0 Å². The molecule has 0 atom stereocenters. The molecule has 0 spiro atoms. The van der Waals surface area contributed by atoms with E-state index in [1.165, 1.54) is 31.5 Å².